The lowest BCUT2D eigenvalue weighted by Gasteiger charge is -2.20. The van der Waals surface area contributed by atoms with E-state index < -0.39 is 11.6 Å². The van der Waals surface area contributed by atoms with Crippen LogP contribution in [0.25, 0.3) is 11.5 Å². The molecule has 2 heterocycles. The molecule has 2 aliphatic rings. The molecule has 1 unspecified atom stereocenters. The monoisotopic (exact) mass is 384 g/mol. The first-order chi connectivity index (χ1) is 13.5. The molecule has 28 heavy (non-hydrogen) atoms. The van der Waals surface area contributed by atoms with Gasteiger partial charge in [0.05, 0.1) is 6.61 Å². The Morgan fingerprint density at radius 1 is 1.25 bits per heavy atom. The van der Waals surface area contributed by atoms with Gasteiger partial charge in [-0.05, 0) is 56.4 Å². The number of benzene rings is 1. The van der Waals surface area contributed by atoms with Gasteiger partial charge in [-0.1, -0.05) is 13.3 Å². The minimum atomic E-state index is -0.812. The molecule has 2 aromatic rings. The van der Waals surface area contributed by atoms with Crippen LogP contribution >= 0.6 is 0 Å². The predicted octanol–water partition coefficient (Wildman–Crippen LogP) is 3.14. The first kappa shape index (κ1) is 18.5. The van der Waals surface area contributed by atoms with Crippen LogP contribution < -0.4 is 10.1 Å². The average Bonchev–Trinajstić information content (AvgIpc) is 3.41. The van der Waals surface area contributed by atoms with E-state index in [1.54, 1.807) is 6.92 Å². The van der Waals surface area contributed by atoms with Gasteiger partial charge in [0, 0.05) is 5.56 Å². The normalized spacial score (nSPS) is 21.9. The molecule has 4 rings (SSSR count). The van der Waals surface area contributed by atoms with Crippen LogP contribution in [-0.4, -0.2) is 39.2 Å². The summed E-state index contributed by atoms with van der Waals surface area (Å²) in [5.41, 5.74) is -0.0605. The number of nitrogens with one attached hydrogen (secondary N) is 1. The second-order valence-electron chi connectivity index (χ2n) is 7.53. The summed E-state index contributed by atoms with van der Waals surface area (Å²) in [5.74, 6) is 1.34. The van der Waals surface area contributed by atoms with Gasteiger partial charge in [-0.15, -0.1) is 10.2 Å². The van der Waals surface area contributed by atoms with Gasteiger partial charge in [-0.2, -0.15) is 0 Å². The zero-order chi connectivity index (χ0) is 19.7. The maximum Gasteiger partial charge on any atom is 0.325 e. The number of carbonyl (C=O) groups is 2. The zero-order valence-corrected chi connectivity index (χ0v) is 16.1. The summed E-state index contributed by atoms with van der Waals surface area (Å²) in [5, 5.41) is 10.8. The lowest BCUT2D eigenvalue weighted by molar-refractivity contribution is -0.132. The summed E-state index contributed by atoms with van der Waals surface area (Å²) < 4.78 is 11.3. The summed E-state index contributed by atoms with van der Waals surface area (Å²) in [6, 6.07) is 6.99. The maximum absolute atomic E-state index is 12.7. The summed E-state index contributed by atoms with van der Waals surface area (Å²) in [7, 11) is 0. The standard InChI is InChI=1S/C20H24N4O4/c1-3-4-11-27-15-9-5-13(6-10-15)17-23-22-16(28-17)12-24-18(25)20(2,14-7-8-14)21-19(24)26/h5-6,9-10,14H,3-4,7-8,11-12H2,1-2H3,(H,21,26). The van der Waals surface area contributed by atoms with Crippen molar-refractivity contribution < 1.29 is 18.7 Å². The Labute approximate surface area is 163 Å². The van der Waals surface area contributed by atoms with Crippen LogP contribution in [0.4, 0.5) is 4.79 Å². The van der Waals surface area contributed by atoms with Gasteiger partial charge in [0.25, 0.3) is 5.91 Å². The highest BCUT2D eigenvalue weighted by molar-refractivity contribution is 6.07. The SMILES string of the molecule is CCCCOc1ccc(-c2nnc(CN3C(=O)NC(C)(C4CC4)C3=O)o2)cc1. The van der Waals surface area contributed by atoms with Crippen LogP contribution in [0.5, 0.6) is 5.75 Å². The molecule has 2 fully saturated rings. The molecule has 148 valence electrons. The number of imide groups is 1. The van der Waals surface area contributed by atoms with Crippen LogP contribution in [0.15, 0.2) is 28.7 Å². The number of amides is 3. The number of urea groups is 1. The Kier molecular flexibility index (Phi) is 4.78. The minimum absolute atomic E-state index is 0.0296. The van der Waals surface area contributed by atoms with E-state index in [2.05, 4.69) is 22.4 Å². The van der Waals surface area contributed by atoms with E-state index in [1.807, 2.05) is 24.3 Å². The van der Waals surface area contributed by atoms with Gasteiger partial charge in [0.2, 0.25) is 11.8 Å². The lowest BCUT2D eigenvalue weighted by Crippen LogP contribution is -2.46. The van der Waals surface area contributed by atoms with Crippen LogP contribution in [0, 0.1) is 5.92 Å². The molecule has 0 spiro atoms. The molecular weight excluding hydrogens is 360 g/mol. The molecule has 1 N–H and O–H groups in total. The molecular formula is C20H24N4O4. The summed E-state index contributed by atoms with van der Waals surface area (Å²) in [6.45, 7) is 4.56. The highest BCUT2D eigenvalue weighted by Crippen LogP contribution is 2.42. The Balaban J connectivity index is 1.42. The Morgan fingerprint density at radius 2 is 2.00 bits per heavy atom. The van der Waals surface area contributed by atoms with Crippen molar-refractivity contribution in [3.63, 3.8) is 0 Å². The fourth-order valence-corrected chi connectivity index (χ4v) is 3.39. The number of hydrogen-bond acceptors (Lipinski definition) is 6. The second kappa shape index (κ2) is 7.26. The maximum atomic E-state index is 12.7. The highest BCUT2D eigenvalue weighted by Gasteiger charge is 2.56. The van der Waals surface area contributed by atoms with E-state index in [-0.39, 0.29) is 24.3 Å². The second-order valence-corrected chi connectivity index (χ2v) is 7.53. The molecule has 1 aromatic carbocycles. The molecule has 1 saturated carbocycles. The van der Waals surface area contributed by atoms with Crippen molar-refractivity contribution in [3.05, 3.63) is 30.2 Å². The molecule has 1 aromatic heterocycles. The lowest BCUT2D eigenvalue weighted by atomic mass is 9.96. The largest absolute Gasteiger partial charge is 0.494 e. The predicted molar refractivity (Wildman–Crippen MR) is 100 cm³/mol. The number of ether oxygens (including phenoxy) is 1. The number of carbonyl (C=O) groups excluding carboxylic acids is 2. The van der Waals surface area contributed by atoms with Crippen molar-refractivity contribution >= 4 is 11.9 Å². The van der Waals surface area contributed by atoms with Crippen molar-refractivity contribution in [2.75, 3.05) is 6.61 Å². The van der Waals surface area contributed by atoms with Crippen LogP contribution in [0.2, 0.25) is 0 Å². The average molecular weight is 384 g/mol. The quantitative estimate of drug-likeness (QED) is 0.555. The zero-order valence-electron chi connectivity index (χ0n) is 16.1. The van der Waals surface area contributed by atoms with E-state index in [0.29, 0.717) is 12.5 Å². The van der Waals surface area contributed by atoms with Crippen LogP contribution in [0.1, 0.15) is 45.4 Å². The van der Waals surface area contributed by atoms with Gasteiger partial charge in [-0.3, -0.25) is 9.69 Å². The molecule has 1 atom stereocenters. The molecule has 8 heteroatoms. The van der Waals surface area contributed by atoms with Gasteiger partial charge in [0.1, 0.15) is 17.8 Å². The van der Waals surface area contributed by atoms with Gasteiger partial charge >= 0.3 is 6.03 Å². The van der Waals surface area contributed by atoms with Crippen molar-refractivity contribution in [2.45, 2.75) is 51.6 Å². The summed E-state index contributed by atoms with van der Waals surface area (Å²) >= 11 is 0. The number of hydrogen-bond donors (Lipinski definition) is 1. The Morgan fingerprint density at radius 3 is 2.68 bits per heavy atom. The first-order valence-corrected chi connectivity index (χ1v) is 9.71. The molecule has 0 radical (unpaired) electrons. The van der Waals surface area contributed by atoms with Gasteiger partial charge in [0.15, 0.2) is 0 Å². The van der Waals surface area contributed by atoms with Gasteiger partial charge < -0.3 is 14.5 Å². The molecule has 8 nitrogen and oxygen atoms in total. The van der Waals surface area contributed by atoms with Crippen molar-refractivity contribution in [1.29, 1.82) is 0 Å². The smallest absolute Gasteiger partial charge is 0.325 e. The highest BCUT2D eigenvalue weighted by atomic mass is 16.5. The van der Waals surface area contributed by atoms with Crippen LogP contribution in [-0.2, 0) is 11.3 Å². The number of unbranched alkanes of at least 4 members (excludes halogenated alkanes) is 1. The third kappa shape index (κ3) is 3.46. The Bertz CT molecular complexity index is 875. The van der Waals surface area contributed by atoms with Crippen molar-refractivity contribution in [1.82, 2.24) is 20.4 Å². The number of aromatic nitrogens is 2. The number of nitrogens with zero attached hydrogens (tertiary/aromatic N) is 3. The minimum Gasteiger partial charge on any atom is -0.494 e. The Hall–Kier alpha value is -2.90. The van der Waals surface area contributed by atoms with Crippen LogP contribution in [0.3, 0.4) is 0 Å². The third-order valence-electron chi connectivity index (χ3n) is 5.32. The third-order valence-corrected chi connectivity index (χ3v) is 5.32. The van der Waals surface area contributed by atoms with Crippen molar-refractivity contribution in [3.8, 4) is 17.2 Å². The van der Waals surface area contributed by atoms with Crippen molar-refractivity contribution in [2.24, 2.45) is 5.92 Å². The summed E-state index contributed by atoms with van der Waals surface area (Å²) in [6.07, 6.45) is 4.01. The molecule has 1 aliphatic carbocycles. The fourth-order valence-electron chi connectivity index (χ4n) is 3.39. The van der Waals surface area contributed by atoms with E-state index >= 15 is 0 Å². The first-order valence-electron chi connectivity index (χ1n) is 9.71. The van der Waals surface area contributed by atoms with E-state index in [1.165, 1.54) is 0 Å². The van der Waals surface area contributed by atoms with E-state index in [4.69, 9.17) is 9.15 Å². The topological polar surface area (TPSA) is 97.6 Å². The van der Waals surface area contributed by atoms with Gasteiger partial charge in [-0.25, -0.2) is 4.79 Å². The fraction of sp³-hybridized carbons (Fsp3) is 0.500. The number of rotatable bonds is 8. The molecule has 0 bridgehead atoms. The van der Waals surface area contributed by atoms with E-state index in [9.17, 15) is 9.59 Å². The summed E-state index contributed by atoms with van der Waals surface area (Å²) in [4.78, 5) is 26.1. The molecule has 3 amide bonds. The molecule has 1 saturated heterocycles. The molecule has 1 aliphatic heterocycles. The van der Waals surface area contributed by atoms with E-state index in [0.717, 1.165) is 41.9 Å².